The van der Waals surface area contributed by atoms with E-state index in [4.69, 9.17) is 16.3 Å². The molecule has 112 valence electrons. The van der Waals surface area contributed by atoms with Crippen molar-refractivity contribution in [3.8, 4) is 5.75 Å². The molecular weight excluding hydrogens is 294 g/mol. The lowest BCUT2D eigenvalue weighted by molar-refractivity contribution is -0.128. The maximum atomic E-state index is 12.1. The number of halogens is 1. The van der Waals surface area contributed by atoms with Gasteiger partial charge in [-0.05, 0) is 44.5 Å². The Morgan fingerprint density at radius 2 is 2.19 bits per heavy atom. The number of benzene rings is 1. The summed E-state index contributed by atoms with van der Waals surface area (Å²) in [6.45, 7) is 5.31. The first-order valence-corrected chi connectivity index (χ1v) is 6.81. The molecule has 1 aromatic carbocycles. The van der Waals surface area contributed by atoms with Crippen LogP contribution in [0.25, 0.3) is 0 Å². The van der Waals surface area contributed by atoms with Crippen molar-refractivity contribution in [1.82, 2.24) is 25.9 Å². The Bertz CT molecular complexity index is 617. The molecule has 21 heavy (non-hydrogen) atoms. The molecule has 0 spiro atoms. The molecule has 2 atom stereocenters. The van der Waals surface area contributed by atoms with Gasteiger partial charge in [0.25, 0.3) is 5.91 Å². The van der Waals surface area contributed by atoms with Gasteiger partial charge in [-0.15, -0.1) is 10.2 Å². The summed E-state index contributed by atoms with van der Waals surface area (Å²) in [5.74, 6) is 0.772. The van der Waals surface area contributed by atoms with Gasteiger partial charge in [0.1, 0.15) is 5.75 Å². The van der Waals surface area contributed by atoms with Crippen molar-refractivity contribution in [1.29, 1.82) is 0 Å². The average Bonchev–Trinajstić information content (AvgIpc) is 2.95. The molecule has 0 saturated carbocycles. The zero-order valence-corrected chi connectivity index (χ0v) is 12.7. The summed E-state index contributed by atoms with van der Waals surface area (Å²) in [4.78, 5) is 12.1. The summed E-state index contributed by atoms with van der Waals surface area (Å²) >= 11 is 5.88. The third-order valence-corrected chi connectivity index (χ3v) is 3.15. The van der Waals surface area contributed by atoms with Crippen LogP contribution in [0.4, 0.5) is 0 Å². The number of ether oxygens (including phenoxy) is 1. The standard InChI is InChI=1S/C13H16ClN5O2/c1-7-6-10(14)4-5-11(7)21-9(3)13(20)15-8(2)12-16-18-19-17-12/h4-6,8-9H,1-3H3,(H,15,20)(H,16,17,18,19). The van der Waals surface area contributed by atoms with Crippen molar-refractivity contribution in [2.24, 2.45) is 0 Å². The summed E-state index contributed by atoms with van der Waals surface area (Å²) in [5.41, 5.74) is 0.869. The number of aromatic amines is 1. The second-order valence-corrected chi connectivity index (χ2v) is 5.11. The molecule has 7 nitrogen and oxygen atoms in total. The molecule has 0 fully saturated rings. The molecule has 2 rings (SSSR count). The van der Waals surface area contributed by atoms with E-state index >= 15 is 0 Å². The Labute approximate surface area is 127 Å². The van der Waals surface area contributed by atoms with Gasteiger partial charge in [0.15, 0.2) is 11.9 Å². The molecule has 0 bridgehead atoms. The predicted molar refractivity (Wildman–Crippen MR) is 77.0 cm³/mol. The number of aryl methyl sites for hydroxylation is 1. The van der Waals surface area contributed by atoms with Crippen LogP contribution in [-0.2, 0) is 4.79 Å². The van der Waals surface area contributed by atoms with Crippen molar-refractivity contribution in [2.75, 3.05) is 0 Å². The number of hydrogen-bond donors (Lipinski definition) is 2. The highest BCUT2D eigenvalue weighted by molar-refractivity contribution is 6.30. The fourth-order valence-electron chi connectivity index (χ4n) is 1.74. The Morgan fingerprint density at radius 1 is 1.43 bits per heavy atom. The first kappa shape index (κ1) is 15.2. The van der Waals surface area contributed by atoms with E-state index in [0.717, 1.165) is 5.56 Å². The molecule has 2 aromatic rings. The maximum Gasteiger partial charge on any atom is 0.261 e. The van der Waals surface area contributed by atoms with Gasteiger partial charge in [-0.3, -0.25) is 4.79 Å². The number of H-pyrrole nitrogens is 1. The van der Waals surface area contributed by atoms with E-state index in [1.54, 1.807) is 32.0 Å². The van der Waals surface area contributed by atoms with Crippen molar-refractivity contribution < 1.29 is 9.53 Å². The monoisotopic (exact) mass is 309 g/mol. The van der Waals surface area contributed by atoms with E-state index < -0.39 is 6.10 Å². The number of hydrogen-bond acceptors (Lipinski definition) is 5. The highest BCUT2D eigenvalue weighted by Crippen LogP contribution is 2.22. The zero-order valence-electron chi connectivity index (χ0n) is 11.9. The third-order valence-electron chi connectivity index (χ3n) is 2.92. The molecule has 0 saturated heterocycles. The number of tetrazole rings is 1. The van der Waals surface area contributed by atoms with E-state index in [2.05, 4.69) is 25.9 Å². The normalized spacial score (nSPS) is 13.5. The van der Waals surface area contributed by atoms with E-state index in [0.29, 0.717) is 16.6 Å². The lowest BCUT2D eigenvalue weighted by Crippen LogP contribution is -2.38. The van der Waals surface area contributed by atoms with Gasteiger partial charge >= 0.3 is 0 Å². The van der Waals surface area contributed by atoms with E-state index in [1.165, 1.54) is 0 Å². The van der Waals surface area contributed by atoms with E-state index in [1.807, 2.05) is 6.92 Å². The van der Waals surface area contributed by atoms with E-state index in [9.17, 15) is 4.79 Å². The van der Waals surface area contributed by atoms with Gasteiger partial charge < -0.3 is 10.1 Å². The number of carbonyl (C=O) groups excluding carboxylic acids is 1. The molecule has 2 unspecified atom stereocenters. The molecule has 1 heterocycles. The van der Waals surface area contributed by atoms with Gasteiger partial charge in [0.2, 0.25) is 0 Å². The van der Waals surface area contributed by atoms with Crippen LogP contribution in [0, 0.1) is 6.92 Å². The second kappa shape index (κ2) is 6.53. The van der Waals surface area contributed by atoms with Crippen LogP contribution in [0.15, 0.2) is 18.2 Å². The largest absolute Gasteiger partial charge is 0.481 e. The molecule has 1 aromatic heterocycles. The fraction of sp³-hybridized carbons (Fsp3) is 0.385. The highest BCUT2D eigenvalue weighted by atomic mass is 35.5. The van der Waals surface area contributed by atoms with Crippen LogP contribution in [0.3, 0.4) is 0 Å². The smallest absolute Gasteiger partial charge is 0.261 e. The Morgan fingerprint density at radius 3 is 2.81 bits per heavy atom. The molecule has 0 aliphatic heterocycles. The van der Waals surface area contributed by atoms with Crippen LogP contribution < -0.4 is 10.1 Å². The summed E-state index contributed by atoms with van der Waals surface area (Å²) in [7, 11) is 0. The molecule has 1 amide bonds. The number of carbonyl (C=O) groups is 1. The first-order chi connectivity index (χ1) is 9.97. The summed E-state index contributed by atoms with van der Waals surface area (Å²) in [6.07, 6.45) is -0.653. The Balaban J connectivity index is 1.96. The third kappa shape index (κ3) is 3.91. The Hall–Kier alpha value is -2.15. The number of amides is 1. The predicted octanol–water partition coefficient (Wildman–Crippen LogP) is 1.81. The first-order valence-electron chi connectivity index (χ1n) is 6.44. The van der Waals surface area contributed by atoms with Crippen molar-refractivity contribution in [3.63, 3.8) is 0 Å². The average molecular weight is 310 g/mol. The minimum absolute atomic E-state index is 0.262. The minimum Gasteiger partial charge on any atom is -0.481 e. The summed E-state index contributed by atoms with van der Waals surface area (Å²) in [6, 6.07) is 4.89. The van der Waals surface area contributed by atoms with E-state index in [-0.39, 0.29) is 11.9 Å². The highest BCUT2D eigenvalue weighted by Gasteiger charge is 2.20. The number of nitrogens with one attached hydrogen (secondary N) is 2. The van der Waals surface area contributed by atoms with Crippen molar-refractivity contribution >= 4 is 17.5 Å². The molecule has 2 N–H and O–H groups in total. The maximum absolute atomic E-state index is 12.1. The number of aromatic nitrogens is 4. The van der Waals surface area contributed by atoms with Gasteiger partial charge in [0.05, 0.1) is 6.04 Å². The van der Waals surface area contributed by atoms with Gasteiger partial charge in [-0.25, -0.2) is 0 Å². The van der Waals surface area contributed by atoms with Gasteiger partial charge in [-0.1, -0.05) is 16.8 Å². The van der Waals surface area contributed by atoms with Crippen LogP contribution >= 0.6 is 11.6 Å². The quantitative estimate of drug-likeness (QED) is 0.878. The Kier molecular flexibility index (Phi) is 4.74. The van der Waals surface area contributed by atoms with Crippen LogP contribution in [0.5, 0.6) is 5.75 Å². The van der Waals surface area contributed by atoms with Crippen molar-refractivity contribution in [2.45, 2.75) is 32.9 Å². The fourth-order valence-corrected chi connectivity index (χ4v) is 1.96. The minimum atomic E-state index is -0.653. The molecule has 0 aliphatic rings. The molecule has 8 heteroatoms. The number of nitrogens with zero attached hydrogens (tertiary/aromatic N) is 3. The van der Waals surface area contributed by atoms with Crippen LogP contribution in [0.2, 0.25) is 5.02 Å². The SMILES string of the molecule is Cc1cc(Cl)ccc1OC(C)C(=O)NC(C)c1nn[nH]n1. The van der Waals surface area contributed by atoms with Crippen molar-refractivity contribution in [3.05, 3.63) is 34.6 Å². The van der Waals surface area contributed by atoms with Crippen LogP contribution in [-0.4, -0.2) is 32.6 Å². The summed E-state index contributed by atoms with van der Waals surface area (Å²) in [5, 5.41) is 16.8. The zero-order chi connectivity index (χ0) is 15.4. The molecular formula is C13H16ClN5O2. The van der Waals surface area contributed by atoms with Gasteiger partial charge in [0, 0.05) is 5.02 Å². The second-order valence-electron chi connectivity index (χ2n) is 4.67. The topological polar surface area (TPSA) is 92.8 Å². The molecule has 0 aliphatic carbocycles. The van der Waals surface area contributed by atoms with Crippen LogP contribution in [0.1, 0.15) is 31.3 Å². The molecule has 0 radical (unpaired) electrons. The summed E-state index contributed by atoms with van der Waals surface area (Å²) < 4.78 is 5.65. The lowest BCUT2D eigenvalue weighted by Gasteiger charge is -2.18. The van der Waals surface area contributed by atoms with Gasteiger partial charge in [-0.2, -0.15) is 5.21 Å². The lowest BCUT2D eigenvalue weighted by atomic mass is 10.2. The number of rotatable bonds is 5.